The van der Waals surface area contributed by atoms with Gasteiger partial charge in [0.05, 0.1) is 6.20 Å². The van der Waals surface area contributed by atoms with Crippen LogP contribution in [0.1, 0.15) is 5.56 Å². The van der Waals surface area contributed by atoms with E-state index in [1.54, 1.807) is 18.7 Å². The van der Waals surface area contributed by atoms with Gasteiger partial charge in [0, 0.05) is 10.7 Å². The molecule has 0 bridgehead atoms. The Bertz CT molecular complexity index is 430. The first kappa shape index (κ1) is 9.73. The number of hydrogen-bond acceptors (Lipinski definition) is 4. The van der Waals surface area contributed by atoms with Crippen LogP contribution in [0.25, 0.3) is 0 Å². The summed E-state index contributed by atoms with van der Waals surface area (Å²) in [6.07, 6.45) is 4.95. The molecule has 2 rings (SSSR count). The van der Waals surface area contributed by atoms with Gasteiger partial charge >= 0.3 is 0 Å². The molecule has 0 spiro atoms. The van der Waals surface area contributed by atoms with E-state index < -0.39 is 0 Å². The summed E-state index contributed by atoms with van der Waals surface area (Å²) in [5.74, 6) is 0. The van der Waals surface area contributed by atoms with Crippen LogP contribution < -0.4 is 0 Å². The van der Waals surface area contributed by atoms with Crippen molar-refractivity contribution < 1.29 is 4.42 Å². The van der Waals surface area contributed by atoms with Crippen LogP contribution in [0.4, 0.5) is 0 Å². The summed E-state index contributed by atoms with van der Waals surface area (Å²) < 4.78 is 6.12. The van der Waals surface area contributed by atoms with E-state index >= 15 is 0 Å². The van der Waals surface area contributed by atoms with E-state index in [0.717, 1.165) is 15.1 Å². The second kappa shape index (κ2) is 4.14. The predicted octanol–water partition coefficient (Wildman–Crippen LogP) is 3.29. The van der Waals surface area contributed by atoms with Crippen molar-refractivity contribution in [3.8, 4) is 0 Å². The SMILES string of the molecule is Cc1cc(Sc2ncco2)ncc1Br. The smallest absolute Gasteiger partial charge is 0.261 e. The summed E-state index contributed by atoms with van der Waals surface area (Å²) in [5.41, 5.74) is 1.15. The third-order valence-corrected chi connectivity index (χ3v) is 3.26. The van der Waals surface area contributed by atoms with E-state index in [-0.39, 0.29) is 0 Å². The van der Waals surface area contributed by atoms with E-state index in [9.17, 15) is 0 Å². The number of nitrogens with zero attached hydrogens (tertiary/aromatic N) is 2. The maximum atomic E-state index is 5.11. The molecule has 0 unspecified atom stereocenters. The average Bonchev–Trinajstić information content (AvgIpc) is 2.64. The zero-order valence-corrected chi connectivity index (χ0v) is 9.80. The van der Waals surface area contributed by atoms with E-state index in [2.05, 4.69) is 25.9 Å². The standard InChI is InChI=1S/C9H7BrN2OS/c1-6-4-8(12-5-7(6)10)14-9-11-2-3-13-9/h2-5H,1H3. The van der Waals surface area contributed by atoms with Crippen LogP contribution in [0, 0.1) is 6.92 Å². The molecular formula is C9H7BrN2OS. The Morgan fingerprint density at radius 2 is 2.29 bits per heavy atom. The summed E-state index contributed by atoms with van der Waals surface area (Å²) >= 11 is 4.80. The molecule has 0 aromatic carbocycles. The largest absolute Gasteiger partial charge is 0.440 e. The molecule has 0 saturated heterocycles. The van der Waals surface area contributed by atoms with E-state index in [1.165, 1.54) is 11.8 Å². The molecule has 3 nitrogen and oxygen atoms in total. The molecule has 0 fully saturated rings. The van der Waals surface area contributed by atoms with Gasteiger partial charge in [-0.05, 0) is 46.2 Å². The highest BCUT2D eigenvalue weighted by Gasteiger charge is 2.04. The topological polar surface area (TPSA) is 38.9 Å². The van der Waals surface area contributed by atoms with Gasteiger partial charge in [-0.15, -0.1) is 0 Å². The minimum atomic E-state index is 0.610. The molecule has 0 saturated carbocycles. The summed E-state index contributed by atoms with van der Waals surface area (Å²) in [4.78, 5) is 8.24. The fourth-order valence-corrected chi connectivity index (χ4v) is 1.87. The summed E-state index contributed by atoms with van der Waals surface area (Å²) in [6.45, 7) is 2.02. The van der Waals surface area contributed by atoms with Crippen molar-refractivity contribution in [3.63, 3.8) is 0 Å². The van der Waals surface area contributed by atoms with Crippen molar-refractivity contribution in [1.29, 1.82) is 0 Å². The lowest BCUT2D eigenvalue weighted by Crippen LogP contribution is -1.83. The molecule has 2 aromatic heterocycles. The van der Waals surface area contributed by atoms with Crippen molar-refractivity contribution >= 4 is 27.7 Å². The fraction of sp³-hybridized carbons (Fsp3) is 0.111. The van der Waals surface area contributed by atoms with Gasteiger partial charge in [0.25, 0.3) is 5.22 Å². The van der Waals surface area contributed by atoms with E-state index in [1.807, 2.05) is 13.0 Å². The third-order valence-electron chi connectivity index (χ3n) is 1.62. The van der Waals surface area contributed by atoms with Gasteiger partial charge in [0.15, 0.2) is 0 Å². The minimum absolute atomic E-state index is 0.610. The van der Waals surface area contributed by atoms with Crippen LogP contribution in [0.5, 0.6) is 0 Å². The fourth-order valence-electron chi connectivity index (χ4n) is 0.920. The molecule has 2 aromatic rings. The number of halogens is 1. The summed E-state index contributed by atoms with van der Waals surface area (Å²) in [5, 5.41) is 1.49. The first-order valence-electron chi connectivity index (χ1n) is 3.95. The minimum Gasteiger partial charge on any atom is -0.440 e. The highest BCUT2D eigenvalue weighted by molar-refractivity contribution is 9.10. The molecule has 0 aliphatic rings. The molecule has 0 aliphatic carbocycles. The van der Waals surface area contributed by atoms with Gasteiger partial charge in [0.2, 0.25) is 0 Å². The maximum Gasteiger partial charge on any atom is 0.261 e. The van der Waals surface area contributed by atoms with Gasteiger partial charge in [-0.1, -0.05) is 0 Å². The molecular weight excluding hydrogens is 264 g/mol. The maximum absolute atomic E-state index is 5.11. The number of aryl methyl sites for hydroxylation is 1. The molecule has 5 heteroatoms. The van der Waals surface area contributed by atoms with Crippen molar-refractivity contribution in [3.05, 3.63) is 34.8 Å². The van der Waals surface area contributed by atoms with E-state index in [4.69, 9.17) is 4.42 Å². The van der Waals surface area contributed by atoms with Crippen LogP contribution in [0.15, 0.2) is 43.9 Å². The molecule has 0 N–H and O–H groups in total. The summed E-state index contributed by atoms with van der Waals surface area (Å²) in [7, 11) is 0. The zero-order valence-electron chi connectivity index (χ0n) is 7.40. The molecule has 0 aliphatic heterocycles. The van der Waals surface area contributed by atoms with Crippen LogP contribution in [-0.2, 0) is 0 Å². The summed E-state index contributed by atoms with van der Waals surface area (Å²) in [6, 6.07) is 1.99. The Morgan fingerprint density at radius 1 is 1.43 bits per heavy atom. The monoisotopic (exact) mass is 270 g/mol. The van der Waals surface area contributed by atoms with E-state index in [0.29, 0.717) is 5.22 Å². The lowest BCUT2D eigenvalue weighted by Gasteiger charge is -1.99. The van der Waals surface area contributed by atoms with Gasteiger partial charge in [-0.2, -0.15) is 0 Å². The first-order chi connectivity index (χ1) is 6.75. The lowest BCUT2D eigenvalue weighted by molar-refractivity contribution is 0.454. The number of rotatable bonds is 2. The third kappa shape index (κ3) is 2.16. The van der Waals surface area contributed by atoms with Crippen molar-refractivity contribution in [2.45, 2.75) is 17.2 Å². The van der Waals surface area contributed by atoms with Crippen LogP contribution in [-0.4, -0.2) is 9.97 Å². The number of pyridine rings is 1. The molecule has 72 valence electrons. The first-order valence-corrected chi connectivity index (χ1v) is 5.56. The Morgan fingerprint density at radius 3 is 2.93 bits per heavy atom. The van der Waals surface area contributed by atoms with Crippen molar-refractivity contribution in [2.75, 3.05) is 0 Å². The quantitative estimate of drug-likeness (QED) is 0.840. The second-order valence-corrected chi connectivity index (χ2v) is 4.50. The van der Waals surface area contributed by atoms with Crippen molar-refractivity contribution in [1.82, 2.24) is 9.97 Å². The van der Waals surface area contributed by atoms with Crippen LogP contribution in [0.2, 0.25) is 0 Å². The molecule has 0 radical (unpaired) electrons. The highest BCUT2D eigenvalue weighted by Crippen LogP contribution is 2.26. The number of hydrogen-bond donors (Lipinski definition) is 0. The normalized spacial score (nSPS) is 10.4. The predicted molar refractivity (Wildman–Crippen MR) is 57.3 cm³/mol. The Balaban J connectivity index is 2.22. The molecule has 0 amide bonds. The number of oxazole rings is 1. The Kier molecular flexibility index (Phi) is 2.88. The van der Waals surface area contributed by atoms with Gasteiger partial charge in [0.1, 0.15) is 11.3 Å². The van der Waals surface area contributed by atoms with Gasteiger partial charge in [-0.25, -0.2) is 9.97 Å². The Labute approximate surface area is 94.1 Å². The Hall–Kier alpha value is -0.810. The number of aromatic nitrogens is 2. The second-order valence-electron chi connectivity index (χ2n) is 2.67. The highest BCUT2D eigenvalue weighted by atomic mass is 79.9. The van der Waals surface area contributed by atoms with Crippen LogP contribution in [0.3, 0.4) is 0 Å². The average molecular weight is 271 g/mol. The van der Waals surface area contributed by atoms with Gasteiger partial charge in [-0.3, -0.25) is 0 Å². The van der Waals surface area contributed by atoms with Crippen LogP contribution >= 0.6 is 27.7 Å². The lowest BCUT2D eigenvalue weighted by atomic mass is 10.3. The molecule has 2 heterocycles. The van der Waals surface area contributed by atoms with Crippen molar-refractivity contribution in [2.24, 2.45) is 0 Å². The molecule has 14 heavy (non-hydrogen) atoms. The molecule has 0 atom stereocenters. The zero-order chi connectivity index (χ0) is 9.97. The van der Waals surface area contributed by atoms with Gasteiger partial charge < -0.3 is 4.42 Å².